The molecule has 2 fully saturated rings. The van der Waals surface area contributed by atoms with Crippen molar-refractivity contribution in [2.75, 3.05) is 6.61 Å². The van der Waals surface area contributed by atoms with Gasteiger partial charge in [0.25, 0.3) is 0 Å². The lowest BCUT2D eigenvalue weighted by molar-refractivity contribution is -0.149. The smallest absolute Gasteiger partial charge is 0.310 e. The Hall–Kier alpha value is -0.620. The Morgan fingerprint density at radius 1 is 1.22 bits per heavy atom. The minimum absolute atomic E-state index is 0.234. The maximum absolute atomic E-state index is 11.9. The van der Waals surface area contributed by atoms with Gasteiger partial charge in [0.1, 0.15) is 0 Å². The summed E-state index contributed by atoms with van der Waals surface area (Å²) in [7, 11) is -3.23. The number of ether oxygens (including phenoxy) is 1. The van der Waals surface area contributed by atoms with Crippen LogP contribution in [-0.2, 0) is 19.6 Å². The zero-order chi connectivity index (χ0) is 13.2. The lowest BCUT2D eigenvalue weighted by Crippen LogP contribution is -2.46. The van der Waals surface area contributed by atoms with Gasteiger partial charge in [0.2, 0.25) is 10.0 Å². The van der Waals surface area contributed by atoms with Gasteiger partial charge in [-0.05, 0) is 32.6 Å². The summed E-state index contributed by atoms with van der Waals surface area (Å²) in [4.78, 5) is 11.8. The van der Waals surface area contributed by atoms with Crippen molar-refractivity contribution in [3.05, 3.63) is 0 Å². The van der Waals surface area contributed by atoms with Crippen molar-refractivity contribution in [1.29, 1.82) is 0 Å². The van der Waals surface area contributed by atoms with Crippen molar-refractivity contribution in [3.8, 4) is 0 Å². The SMILES string of the molecule is CCOC(=O)[C@H]1CCCC[C@H]1NS(=O)(=O)C1CC1. The van der Waals surface area contributed by atoms with Crippen molar-refractivity contribution >= 4 is 16.0 Å². The number of sulfonamides is 1. The first kappa shape index (κ1) is 13.8. The van der Waals surface area contributed by atoms with Crippen molar-refractivity contribution < 1.29 is 17.9 Å². The second-order valence-corrected chi connectivity index (χ2v) is 7.10. The van der Waals surface area contributed by atoms with Crippen LogP contribution in [0.3, 0.4) is 0 Å². The standard InChI is InChI=1S/C12H21NO4S/c1-2-17-12(14)10-5-3-4-6-11(10)13-18(15,16)9-7-8-9/h9-11,13H,2-8H2,1H3/t10-,11+/m0/s1. The van der Waals surface area contributed by atoms with Gasteiger partial charge in [0.15, 0.2) is 0 Å². The maximum atomic E-state index is 11.9. The molecule has 2 aliphatic carbocycles. The number of rotatable bonds is 5. The lowest BCUT2D eigenvalue weighted by Gasteiger charge is -2.30. The summed E-state index contributed by atoms with van der Waals surface area (Å²) in [5, 5.41) is -0.234. The van der Waals surface area contributed by atoms with Crippen LogP contribution in [0.4, 0.5) is 0 Å². The molecule has 2 saturated carbocycles. The Kier molecular flexibility index (Phi) is 4.27. The summed E-state index contributed by atoms with van der Waals surface area (Å²) >= 11 is 0. The summed E-state index contributed by atoms with van der Waals surface area (Å²) < 4.78 is 31.6. The highest BCUT2D eigenvalue weighted by Crippen LogP contribution is 2.31. The van der Waals surface area contributed by atoms with Gasteiger partial charge in [-0.15, -0.1) is 0 Å². The number of carbonyl (C=O) groups is 1. The molecule has 0 aliphatic heterocycles. The Labute approximate surface area is 108 Å². The third-order valence-electron chi connectivity index (χ3n) is 3.63. The van der Waals surface area contributed by atoms with E-state index in [1.165, 1.54) is 0 Å². The summed E-state index contributed by atoms with van der Waals surface area (Å²) in [5.74, 6) is -0.576. The molecule has 2 atom stereocenters. The van der Waals surface area contributed by atoms with E-state index in [4.69, 9.17) is 4.74 Å². The molecular weight excluding hydrogens is 254 g/mol. The average Bonchev–Trinajstić information content (AvgIpc) is 3.13. The quantitative estimate of drug-likeness (QED) is 0.765. The van der Waals surface area contributed by atoms with E-state index in [0.29, 0.717) is 6.61 Å². The van der Waals surface area contributed by atoms with Crippen LogP contribution in [0.15, 0.2) is 0 Å². The van der Waals surface area contributed by atoms with E-state index in [0.717, 1.165) is 38.5 Å². The maximum Gasteiger partial charge on any atom is 0.310 e. The number of esters is 1. The summed E-state index contributed by atoms with van der Waals surface area (Å²) in [6.07, 6.45) is 4.86. The van der Waals surface area contributed by atoms with Gasteiger partial charge >= 0.3 is 5.97 Å². The van der Waals surface area contributed by atoms with E-state index in [9.17, 15) is 13.2 Å². The Morgan fingerprint density at radius 2 is 1.89 bits per heavy atom. The summed E-state index contributed by atoms with van der Waals surface area (Å²) in [5.41, 5.74) is 0. The van der Waals surface area contributed by atoms with Gasteiger partial charge in [-0.3, -0.25) is 4.79 Å². The molecule has 0 heterocycles. The van der Waals surface area contributed by atoms with E-state index >= 15 is 0 Å². The number of nitrogens with one attached hydrogen (secondary N) is 1. The minimum Gasteiger partial charge on any atom is -0.466 e. The van der Waals surface area contributed by atoms with Gasteiger partial charge in [-0.2, -0.15) is 0 Å². The van der Waals surface area contributed by atoms with Gasteiger partial charge in [0.05, 0.1) is 17.8 Å². The predicted octanol–water partition coefficient (Wildman–Crippen LogP) is 1.19. The number of carbonyl (C=O) groups excluding carboxylic acids is 1. The third-order valence-corrected chi connectivity index (χ3v) is 5.61. The first-order valence-electron chi connectivity index (χ1n) is 6.72. The second-order valence-electron chi connectivity index (χ2n) is 5.11. The normalized spacial score (nSPS) is 28.9. The van der Waals surface area contributed by atoms with Crippen LogP contribution in [0.25, 0.3) is 0 Å². The molecule has 2 rings (SSSR count). The molecule has 0 saturated heterocycles. The second kappa shape index (κ2) is 5.57. The molecule has 0 radical (unpaired) electrons. The monoisotopic (exact) mass is 275 g/mol. The van der Waals surface area contributed by atoms with E-state index in [1.54, 1.807) is 6.92 Å². The molecule has 0 aromatic heterocycles. The first-order chi connectivity index (χ1) is 8.54. The van der Waals surface area contributed by atoms with E-state index < -0.39 is 10.0 Å². The minimum atomic E-state index is -3.23. The molecule has 6 heteroatoms. The molecular formula is C12H21NO4S. The van der Waals surface area contributed by atoms with Crippen LogP contribution < -0.4 is 4.72 Å². The van der Waals surface area contributed by atoms with Crippen LogP contribution in [0.1, 0.15) is 45.4 Å². The predicted molar refractivity (Wildman–Crippen MR) is 67.5 cm³/mol. The van der Waals surface area contributed by atoms with E-state index in [1.807, 2.05) is 0 Å². The molecule has 1 N–H and O–H groups in total. The average molecular weight is 275 g/mol. The molecule has 5 nitrogen and oxygen atoms in total. The lowest BCUT2D eigenvalue weighted by atomic mass is 9.85. The van der Waals surface area contributed by atoms with Crippen molar-refractivity contribution in [3.63, 3.8) is 0 Å². The largest absolute Gasteiger partial charge is 0.466 e. The summed E-state index contributed by atoms with van der Waals surface area (Å²) in [6, 6.07) is -0.275. The fourth-order valence-electron chi connectivity index (χ4n) is 2.49. The fraction of sp³-hybridized carbons (Fsp3) is 0.917. The van der Waals surface area contributed by atoms with Gasteiger partial charge < -0.3 is 4.74 Å². The number of hydrogen-bond acceptors (Lipinski definition) is 4. The highest BCUT2D eigenvalue weighted by Gasteiger charge is 2.40. The molecule has 104 valence electrons. The van der Waals surface area contributed by atoms with Gasteiger partial charge in [0, 0.05) is 6.04 Å². The molecule has 0 amide bonds. The van der Waals surface area contributed by atoms with Crippen LogP contribution in [0.2, 0.25) is 0 Å². The van der Waals surface area contributed by atoms with E-state index in [2.05, 4.69) is 4.72 Å². The van der Waals surface area contributed by atoms with Crippen LogP contribution in [0, 0.1) is 5.92 Å². The molecule has 18 heavy (non-hydrogen) atoms. The highest BCUT2D eigenvalue weighted by molar-refractivity contribution is 7.90. The molecule has 0 spiro atoms. The van der Waals surface area contributed by atoms with Crippen molar-refractivity contribution in [2.45, 2.75) is 56.7 Å². The molecule has 0 aromatic rings. The first-order valence-corrected chi connectivity index (χ1v) is 8.27. The van der Waals surface area contributed by atoms with Gasteiger partial charge in [-0.1, -0.05) is 12.8 Å². The van der Waals surface area contributed by atoms with Crippen LogP contribution in [0.5, 0.6) is 0 Å². The summed E-state index contributed by atoms with van der Waals surface area (Å²) in [6.45, 7) is 2.11. The molecule has 2 aliphatic rings. The zero-order valence-electron chi connectivity index (χ0n) is 10.7. The third kappa shape index (κ3) is 3.23. The Bertz CT molecular complexity index is 402. The van der Waals surface area contributed by atoms with Gasteiger partial charge in [-0.25, -0.2) is 13.1 Å². The molecule has 0 aromatic carbocycles. The van der Waals surface area contributed by atoms with Crippen molar-refractivity contribution in [1.82, 2.24) is 4.72 Å². The topological polar surface area (TPSA) is 72.5 Å². The number of hydrogen-bond donors (Lipinski definition) is 1. The van der Waals surface area contributed by atoms with Crippen molar-refractivity contribution in [2.24, 2.45) is 5.92 Å². The van der Waals surface area contributed by atoms with Crippen LogP contribution in [-0.4, -0.2) is 32.3 Å². The highest BCUT2D eigenvalue weighted by atomic mass is 32.2. The Morgan fingerprint density at radius 3 is 2.50 bits per heavy atom. The molecule has 0 bridgehead atoms. The molecule has 0 unspecified atom stereocenters. The zero-order valence-corrected chi connectivity index (χ0v) is 11.5. The van der Waals surface area contributed by atoms with E-state index in [-0.39, 0.29) is 23.2 Å². The Balaban J connectivity index is 2.01. The van der Waals surface area contributed by atoms with Crippen LogP contribution >= 0.6 is 0 Å². The fourth-order valence-corrected chi connectivity index (χ4v) is 4.14.